The molecule has 1 amide bonds. The monoisotopic (exact) mass is 470 g/mol. The first-order valence-corrected chi connectivity index (χ1v) is 10.8. The van der Waals surface area contributed by atoms with Gasteiger partial charge in [0, 0.05) is 13.1 Å². The number of amides is 1. The zero-order chi connectivity index (χ0) is 24.7. The minimum absolute atomic E-state index is 0.111. The molecule has 3 aromatic rings. The Kier molecular flexibility index (Phi) is 7.90. The number of hydrogen-bond acceptors (Lipinski definition) is 9. The van der Waals surface area contributed by atoms with Crippen LogP contribution in [-0.4, -0.2) is 54.8 Å². The van der Waals surface area contributed by atoms with Gasteiger partial charge in [0.1, 0.15) is 12.1 Å². The van der Waals surface area contributed by atoms with Gasteiger partial charge in [-0.05, 0) is 41.5 Å². The highest BCUT2D eigenvalue weighted by atomic mass is 16.5. The molecule has 2 aromatic heterocycles. The number of tetrazole rings is 1. The van der Waals surface area contributed by atoms with Crippen molar-refractivity contribution in [1.82, 2.24) is 29.8 Å². The third-order valence-corrected chi connectivity index (χ3v) is 4.99. The number of hydrogen-bond donors (Lipinski definition) is 2. The largest absolute Gasteiger partial charge is 0.452 e. The highest BCUT2D eigenvalue weighted by molar-refractivity contribution is 5.98. The van der Waals surface area contributed by atoms with Gasteiger partial charge in [0.2, 0.25) is 0 Å². The number of H-pyrrole nitrogens is 1. The lowest BCUT2D eigenvalue weighted by atomic mass is 10.2. The number of benzene rings is 1. The molecule has 180 valence electrons. The van der Waals surface area contributed by atoms with Crippen molar-refractivity contribution in [3.8, 4) is 5.69 Å². The number of nitrogens with one attached hydrogen (secondary N) is 1. The first kappa shape index (κ1) is 24.4. The molecule has 0 unspecified atom stereocenters. The Morgan fingerprint density at radius 1 is 1.21 bits per heavy atom. The summed E-state index contributed by atoms with van der Waals surface area (Å²) in [7, 11) is 0. The molecule has 0 atom stereocenters. The summed E-state index contributed by atoms with van der Waals surface area (Å²) in [5.41, 5.74) is 5.28. The predicted octanol–water partition coefficient (Wildman–Crippen LogP) is 0.495. The van der Waals surface area contributed by atoms with Gasteiger partial charge in [0.25, 0.3) is 11.5 Å². The molecule has 0 spiro atoms. The van der Waals surface area contributed by atoms with Crippen LogP contribution in [0.25, 0.3) is 5.69 Å². The van der Waals surface area contributed by atoms with Crippen LogP contribution in [0.1, 0.15) is 43.5 Å². The van der Waals surface area contributed by atoms with E-state index in [2.05, 4.69) is 20.5 Å². The van der Waals surface area contributed by atoms with Crippen molar-refractivity contribution in [3.05, 3.63) is 57.0 Å². The van der Waals surface area contributed by atoms with E-state index < -0.39 is 29.7 Å². The highest BCUT2D eigenvalue weighted by Gasteiger charge is 2.25. The van der Waals surface area contributed by atoms with Gasteiger partial charge < -0.3 is 15.4 Å². The van der Waals surface area contributed by atoms with E-state index in [0.717, 1.165) is 11.3 Å². The molecule has 13 heteroatoms. The number of nitrogens with zero attached hydrogens (tertiary/aromatic N) is 6. The van der Waals surface area contributed by atoms with Crippen LogP contribution in [0.4, 0.5) is 11.5 Å². The predicted molar refractivity (Wildman–Crippen MR) is 123 cm³/mol. The number of unbranched alkanes of at least 4 members (excludes halogenated alkanes) is 1. The van der Waals surface area contributed by atoms with Gasteiger partial charge in [-0.3, -0.25) is 19.1 Å². The van der Waals surface area contributed by atoms with Crippen molar-refractivity contribution in [2.75, 3.05) is 23.8 Å². The topological polar surface area (TPSA) is 171 Å². The van der Waals surface area contributed by atoms with Crippen molar-refractivity contribution in [2.45, 2.75) is 39.7 Å². The summed E-state index contributed by atoms with van der Waals surface area (Å²) in [6.07, 6.45) is 3.28. The van der Waals surface area contributed by atoms with Gasteiger partial charge in [-0.2, -0.15) is 0 Å². The second-order valence-corrected chi connectivity index (χ2v) is 7.42. The molecule has 34 heavy (non-hydrogen) atoms. The fourth-order valence-corrected chi connectivity index (χ4v) is 3.30. The number of carbonyl (C=O) groups is 2. The van der Waals surface area contributed by atoms with Gasteiger partial charge in [-0.25, -0.2) is 14.3 Å². The van der Waals surface area contributed by atoms with Crippen molar-refractivity contribution in [2.24, 2.45) is 0 Å². The van der Waals surface area contributed by atoms with Crippen molar-refractivity contribution < 1.29 is 14.3 Å². The van der Waals surface area contributed by atoms with E-state index in [4.69, 9.17) is 10.5 Å². The number of nitrogen functional groups attached to an aromatic ring is 1. The number of ether oxygens (including phenoxy) is 1. The molecule has 3 rings (SSSR count). The van der Waals surface area contributed by atoms with Gasteiger partial charge in [0.15, 0.2) is 12.3 Å². The minimum atomic E-state index is -0.778. The Hall–Kier alpha value is -4.29. The Balaban J connectivity index is 1.82. The molecular weight excluding hydrogens is 444 g/mol. The number of rotatable bonds is 10. The zero-order valence-electron chi connectivity index (χ0n) is 18.9. The number of nitrogens with two attached hydrogens (primary N) is 1. The molecule has 0 bridgehead atoms. The van der Waals surface area contributed by atoms with Crippen LogP contribution in [0.15, 0.2) is 40.2 Å². The summed E-state index contributed by atoms with van der Waals surface area (Å²) in [4.78, 5) is 53.7. The molecule has 0 saturated carbocycles. The molecule has 13 nitrogen and oxygen atoms in total. The van der Waals surface area contributed by atoms with E-state index in [0.29, 0.717) is 18.5 Å². The van der Waals surface area contributed by atoms with E-state index >= 15 is 0 Å². The lowest BCUT2D eigenvalue weighted by Gasteiger charge is -2.24. The maximum Gasteiger partial charge on any atom is 0.338 e. The fourth-order valence-electron chi connectivity index (χ4n) is 3.30. The molecule has 0 saturated heterocycles. The minimum Gasteiger partial charge on any atom is -0.452 e. The summed E-state index contributed by atoms with van der Waals surface area (Å²) in [6.45, 7) is 3.59. The summed E-state index contributed by atoms with van der Waals surface area (Å²) < 4.78 is 7.79. The summed E-state index contributed by atoms with van der Waals surface area (Å²) >= 11 is 0. The molecule has 3 N–H and O–H groups in total. The Labute approximate surface area is 194 Å². The summed E-state index contributed by atoms with van der Waals surface area (Å²) in [6, 6.07) is 6.37. The van der Waals surface area contributed by atoms with Gasteiger partial charge >= 0.3 is 11.7 Å². The first-order valence-electron chi connectivity index (χ1n) is 10.8. The molecular formula is C21H26N8O5. The number of anilines is 2. The molecule has 1 aromatic carbocycles. The van der Waals surface area contributed by atoms with Crippen LogP contribution in [0, 0.1) is 0 Å². The maximum absolute atomic E-state index is 13.0. The quantitative estimate of drug-likeness (QED) is 0.400. The number of aromatic amines is 1. The van der Waals surface area contributed by atoms with E-state index in [-0.39, 0.29) is 30.2 Å². The van der Waals surface area contributed by atoms with Crippen molar-refractivity contribution in [3.63, 3.8) is 0 Å². The van der Waals surface area contributed by atoms with Gasteiger partial charge in [-0.15, -0.1) is 5.10 Å². The van der Waals surface area contributed by atoms with Crippen LogP contribution < -0.4 is 21.9 Å². The fraction of sp³-hybridized carbons (Fsp3) is 0.381. The zero-order valence-corrected chi connectivity index (χ0v) is 18.9. The molecule has 0 aliphatic carbocycles. The molecule has 0 fully saturated rings. The normalized spacial score (nSPS) is 10.8. The van der Waals surface area contributed by atoms with E-state index in [9.17, 15) is 19.2 Å². The highest BCUT2D eigenvalue weighted by Crippen LogP contribution is 2.18. The van der Waals surface area contributed by atoms with Crippen LogP contribution >= 0.6 is 0 Å². The first-order chi connectivity index (χ1) is 16.4. The standard InChI is InChI=1S/C21H26N8O5/c1-3-5-10-27(17-18(22)28(9-4-2)21(33)24-19(17)31)16(30)12-34-20(32)14-7-6-8-15(11-14)29-13-23-25-26-29/h6-8,11,13H,3-5,9-10,12,22H2,1-2H3,(H,24,31,33). The summed E-state index contributed by atoms with van der Waals surface area (Å²) in [5.74, 6) is -1.49. The van der Waals surface area contributed by atoms with Crippen LogP contribution in [-0.2, 0) is 16.1 Å². The average Bonchev–Trinajstić information content (AvgIpc) is 3.37. The average molecular weight is 470 g/mol. The van der Waals surface area contributed by atoms with Crippen LogP contribution in [0.5, 0.6) is 0 Å². The maximum atomic E-state index is 13.0. The second-order valence-electron chi connectivity index (χ2n) is 7.42. The number of aromatic nitrogens is 6. The van der Waals surface area contributed by atoms with E-state index in [1.165, 1.54) is 27.7 Å². The van der Waals surface area contributed by atoms with E-state index in [1.807, 2.05) is 13.8 Å². The second kappa shape index (κ2) is 11.0. The molecule has 2 heterocycles. The van der Waals surface area contributed by atoms with Crippen LogP contribution in [0.2, 0.25) is 0 Å². The van der Waals surface area contributed by atoms with Crippen molar-refractivity contribution >= 4 is 23.4 Å². The molecule has 0 aliphatic heterocycles. The lowest BCUT2D eigenvalue weighted by Crippen LogP contribution is -2.43. The van der Waals surface area contributed by atoms with E-state index in [1.54, 1.807) is 12.1 Å². The number of esters is 1. The van der Waals surface area contributed by atoms with Gasteiger partial charge in [0.05, 0.1) is 11.3 Å². The summed E-state index contributed by atoms with van der Waals surface area (Å²) in [5, 5.41) is 10.9. The molecule has 0 radical (unpaired) electrons. The van der Waals surface area contributed by atoms with Crippen molar-refractivity contribution in [1.29, 1.82) is 0 Å². The smallest absolute Gasteiger partial charge is 0.338 e. The Morgan fingerprint density at radius 3 is 2.68 bits per heavy atom. The number of carbonyl (C=O) groups excluding carboxylic acids is 2. The SMILES string of the molecule is CCCCN(C(=O)COC(=O)c1cccc(-n2cnnn2)c1)c1c(N)n(CCC)c(=O)[nH]c1=O. The Bertz CT molecular complexity index is 1260. The Morgan fingerprint density at radius 2 is 2.00 bits per heavy atom. The molecule has 0 aliphatic rings. The third-order valence-electron chi connectivity index (χ3n) is 4.99. The lowest BCUT2D eigenvalue weighted by molar-refractivity contribution is -0.121. The van der Waals surface area contributed by atoms with Gasteiger partial charge in [-0.1, -0.05) is 26.3 Å². The van der Waals surface area contributed by atoms with Crippen LogP contribution in [0.3, 0.4) is 0 Å². The third kappa shape index (κ3) is 5.36.